The molecule has 0 spiro atoms. The Balaban J connectivity index is 1.27. The molecule has 1 aliphatic rings. The van der Waals surface area contributed by atoms with Crippen molar-refractivity contribution >= 4 is 5.97 Å². The second kappa shape index (κ2) is 10.7. The van der Waals surface area contributed by atoms with Crippen LogP contribution in [-0.4, -0.2) is 36.4 Å². The van der Waals surface area contributed by atoms with E-state index in [0.29, 0.717) is 38.6 Å². The van der Waals surface area contributed by atoms with E-state index >= 15 is 0 Å². The molecule has 3 aromatic rings. The molecule has 1 aliphatic heterocycles. The molecule has 0 saturated carbocycles. The summed E-state index contributed by atoms with van der Waals surface area (Å²) in [6.07, 6.45) is 3.67. The van der Waals surface area contributed by atoms with Gasteiger partial charge in [0.2, 0.25) is 5.89 Å². The number of carbonyl (C=O) groups excluding carboxylic acids is 1. The Bertz CT molecular complexity index is 1040. The average Bonchev–Trinajstić information content (AvgIpc) is 3.46. The second-order valence-electron chi connectivity index (χ2n) is 8.33. The van der Waals surface area contributed by atoms with Gasteiger partial charge in [0.1, 0.15) is 11.5 Å². The Morgan fingerprint density at radius 1 is 1.12 bits per heavy atom. The SMILES string of the molecule is CCOC(=O)C1(Cc2ccc(OCCCc3oc(-c4ccccc4)nc3C)cc2)CCCO1. The zero-order chi connectivity index (χ0) is 23.1. The largest absolute Gasteiger partial charge is 0.494 e. The number of aryl methyl sites for hydroxylation is 2. The molecule has 33 heavy (non-hydrogen) atoms. The molecule has 6 heteroatoms. The first-order chi connectivity index (χ1) is 16.1. The van der Waals surface area contributed by atoms with Gasteiger partial charge in [0.25, 0.3) is 0 Å². The second-order valence-corrected chi connectivity index (χ2v) is 8.33. The summed E-state index contributed by atoms with van der Waals surface area (Å²) >= 11 is 0. The maximum absolute atomic E-state index is 12.5. The molecular formula is C27H31NO5. The fourth-order valence-electron chi connectivity index (χ4n) is 4.15. The van der Waals surface area contributed by atoms with Crippen LogP contribution in [0.15, 0.2) is 59.0 Å². The van der Waals surface area contributed by atoms with Gasteiger partial charge in [-0.15, -0.1) is 0 Å². The first-order valence-electron chi connectivity index (χ1n) is 11.6. The van der Waals surface area contributed by atoms with E-state index in [9.17, 15) is 4.79 Å². The molecule has 2 heterocycles. The Morgan fingerprint density at radius 2 is 1.91 bits per heavy atom. The smallest absolute Gasteiger partial charge is 0.338 e. The van der Waals surface area contributed by atoms with Crippen LogP contribution in [0.2, 0.25) is 0 Å². The highest BCUT2D eigenvalue weighted by atomic mass is 16.6. The fraction of sp³-hybridized carbons (Fsp3) is 0.407. The molecule has 6 nitrogen and oxygen atoms in total. The van der Waals surface area contributed by atoms with E-state index in [1.165, 1.54) is 0 Å². The summed E-state index contributed by atoms with van der Waals surface area (Å²) in [6, 6.07) is 17.8. The quantitative estimate of drug-likeness (QED) is 0.308. The molecule has 1 saturated heterocycles. The maximum atomic E-state index is 12.5. The van der Waals surface area contributed by atoms with Gasteiger partial charge in [0, 0.05) is 25.0 Å². The van der Waals surface area contributed by atoms with Gasteiger partial charge >= 0.3 is 5.97 Å². The van der Waals surface area contributed by atoms with E-state index in [-0.39, 0.29) is 5.97 Å². The summed E-state index contributed by atoms with van der Waals surface area (Å²) in [5, 5.41) is 0. The van der Waals surface area contributed by atoms with Crippen LogP contribution in [0.4, 0.5) is 0 Å². The van der Waals surface area contributed by atoms with Crippen molar-refractivity contribution in [2.45, 2.75) is 51.6 Å². The Kier molecular flexibility index (Phi) is 7.45. The molecule has 0 N–H and O–H groups in total. The zero-order valence-electron chi connectivity index (χ0n) is 19.3. The minimum Gasteiger partial charge on any atom is -0.494 e. The number of rotatable bonds is 10. The summed E-state index contributed by atoms with van der Waals surface area (Å²) in [7, 11) is 0. The molecule has 0 amide bonds. The number of hydrogen-bond donors (Lipinski definition) is 0. The molecular weight excluding hydrogens is 418 g/mol. The summed E-state index contributed by atoms with van der Waals surface area (Å²) in [5.74, 6) is 2.09. The highest BCUT2D eigenvalue weighted by Gasteiger charge is 2.44. The van der Waals surface area contributed by atoms with Crippen LogP contribution in [0.3, 0.4) is 0 Å². The van der Waals surface area contributed by atoms with E-state index in [4.69, 9.17) is 18.6 Å². The van der Waals surface area contributed by atoms with Crippen molar-refractivity contribution in [1.29, 1.82) is 0 Å². The van der Waals surface area contributed by atoms with Gasteiger partial charge in [0.15, 0.2) is 5.60 Å². The zero-order valence-corrected chi connectivity index (χ0v) is 19.3. The number of benzene rings is 2. The van der Waals surface area contributed by atoms with E-state index in [1.807, 2.05) is 68.4 Å². The van der Waals surface area contributed by atoms with Gasteiger partial charge < -0.3 is 18.6 Å². The van der Waals surface area contributed by atoms with Gasteiger partial charge in [-0.2, -0.15) is 0 Å². The van der Waals surface area contributed by atoms with E-state index in [1.54, 1.807) is 0 Å². The highest BCUT2D eigenvalue weighted by molar-refractivity contribution is 5.80. The minimum atomic E-state index is -0.855. The number of hydrogen-bond acceptors (Lipinski definition) is 6. The van der Waals surface area contributed by atoms with E-state index in [2.05, 4.69) is 4.98 Å². The van der Waals surface area contributed by atoms with Crippen LogP contribution in [0, 0.1) is 6.92 Å². The lowest BCUT2D eigenvalue weighted by Crippen LogP contribution is -2.41. The topological polar surface area (TPSA) is 70.8 Å². The van der Waals surface area contributed by atoms with Crippen LogP contribution in [0.25, 0.3) is 11.5 Å². The number of esters is 1. The molecule has 1 unspecified atom stereocenters. The third-order valence-corrected chi connectivity index (χ3v) is 5.89. The lowest BCUT2D eigenvalue weighted by Gasteiger charge is -2.26. The molecule has 4 rings (SSSR count). The Hall–Kier alpha value is -3.12. The molecule has 0 bridgehead atoms. The summed E-state index contributed by atoms with van der Waals surface area (Å²) in [5.41, 5.74) is 2.08. The lowest BCUT2D eigenvalue weighted by atomic mass is 9.91. The van der Waals surface area contributed by atoms with Gasteiger partial charge in [0.05, 0.1) is 18.9 Å². The first-order valence-corrected chi connectivity index (χ1v) is 11.6. The van der Waals surface area contributed by atoms with Crippen molar-refractivity contribution in [3.63, 3.8) is 0 Å². The Morgan fingerprint density at radius 3 is 2.61 bits per heavy atom. The molecule has 174 valence electrons. The molecule has 1 fully saturated rings. The van der Waals surface area contributed by atoms with Crippen LogP contribution in [-0.2, 0) is 27.1 Å². The number of aromatic nitrogens is 1. The third-order valence-electron chi connectivity index (χ3n) is 5.89. The number of oxazole rings is 1. The summed E-state index contributed by atoms with van der Waals surface area (Å²) in [6.45, 7) is 5.33. The van der Waals surface area contributed by atoms with Crippen LogP contribution in [0.1, 0.15) is 43.2 Å². The fourth-order valence-corrected chi connectivity index (χ4v) is 4.15. The normalized spacial score (nSPS) is 17.8. The maximum Gasteiger partial charge on any atom is 0.338 e. The average molecular weight is 450 g/mol. The standard InChI is InChI=1S/C27H31NO5/c1-3-30-26(29)27(16-8-18-32-27)19-21-12-14-23(15-13-21)31-17-7-11-24-20(2)28-25(33-24)22-9-5-4-6-10-22/h4-6,9-10,12-15H,3,7-8,11,16-19H2,1-2H3. The van der Waals surface area contributed by atoms with Gasteiger partial charge in [-0.05, 0) is 62.9 Å². The van der Waals surface area contributed by atoms with Crippen molar-refractivity contribution in [1.82, 2.24) is 4.98 Å². The molecule has 1 atom stereocenters. The molecule has 1 aromatic heterocycles. The van der Waals surface area contributed by atoms with Crippen LogP contribution >= 0.6 is 0 Å². The lowest BCUT2D eigenvalue weighted by molar-refractivity contribution is -0.166. The molecule has 2 aromatic carbocycles. The van der Waals surface area contributed by atoms with Crippen molar-refractivity contribution in [2.75, 3.05) is 19.8 Å². The van der Waals surface area contributed by atoms with E-state index < -0.39 is 5.60 Å². The first kappa shape index (κ1) is 23.1. The molecule has 0 aliphatic carbocycles. The van der Waals surface area contributed by atoms with Crippen LogP contribution in [0.5, 0.6) is 5.75 Å². The number of nitrogens with zero attached hydrogens (tertiary/aromatic N) is 1. The van der Waals surface area contributed by atoms with Gasteiger partial charge in [-0.1, -0.05) is 30.3 Å². The predicted molar refractivity (Wildman–Crippen MR) is 125 cm³/mol. The van der Waals surface area contributed by atoms with Crippen LogP contribution < -0.4 is 4.74 Å². The van der Waals surface area contributed by atoms with Crippen molar-refractivity contribution in [2.24, 2.45) is 0 Å². The van der Waals surface area contributed by atoms with Gasteiger partial charge in [-0.25, -0.2) is 9.78 Å². The summed E-state index contributed by atoms with van der Waals surface area (Å²) < 4.78 is 23.0. The monoisotopic (exact) mass is 449 g/mol. The predicted octanol–water partition coefficient (Wildman–Crippen LogP) is 5.32. The Labute approximate surface area is 194 Å². The summed E-state index contributed by atoms with van der Waals surface area (Å²) in [4.78, 5) is 17.0. The van der Waals surface area contributed by atoms with E-state index in [0.717, 1.165) is 47.6 Å². The van der Waals surface area contributed by atoms with Crippen molar-refractivity contribution < 1.29 is 23.4 Å². The number of ether oxygens (including phenoxy) is 3. The molecule has 0 radical (unpaired) electrons. The van der Waals surface area contributed by atoms with Crippen molar-refractivity contribution in [3.8, 4) is 17.2 Å². The van der Waals surface area contributed by atoms with Gasteiger partial charge in [-0.3, -0.25) is 0 Å². The minimum absolute atomic E-state index is 0.263. The number of carbonyl (C=O) groups is 1. The third kappa shape index (κ3) is 5.63. The highest BCUT2D eigenvalue weighted by Crippen LogP contribution is 2.31. The van der Waals surface area contributed by atoms with Crippen molar-refractivity contribution in [3.05, 3.63) is 71.6 Å².